The first-order valence-electron chi connectivity index (χ1n) is 10.5. The Balaban J connectivity index is 1.31. The third kappa shape index (κ3) is 3.86. The first-order chi connectivity index (χ1) is 15.8. The van der Waals surface area contributed by atoms with Crippen LogP contribution in [0.3, 0.4) is 0 Å². The molecule has 0 saturated carbocycles. The summed E-state index contributed by atoms with van der Waals surface area (Å²) >= 11 is 0. The lowest BCUT2D eigenvalue weighted by Gasteiger charge is -2.33. The van der Waals surface area contributed by atoms with E-state index in [2.05, 4.69) is 15.4 Å². The van der Waals surface area contributed by atoms with Crippen LogP contribution in [0.5, 0.6) is 0 Å². The standard InChI is InChI=1S/C21H23N7O4S/c1-15-20(16(2)32-24-15)33(30,31)26-10-8-25(9-11-26)14-28-21(29)19-17(12-22-28)13-27(23-19)18-6-4-3-5-7-18/h3-7,12-13H,8-11,14H2,1-2H3. The number of piperazine rings is 1. The molecule has 1 aromatic carbocycles. The number of hydrogen-bond donors (Lipinski definition) is 0. The fourth-order valence-corrected chi connectivity index (χ4v) is 5.75. The van der Waals surface area contributed by atoms with E-state index in [0.29, 0.717) is 42.8 Å². The minimum Gasteiger partial charge on any atom is -0.360 e. The Morgan fingerprint density at radius 3 is 2.45 bits per heavy atom. The van der Waals surface area contributed by atoms with Crippen molar-refractivity contribution in [2.24, 2.45) is 0 Å². The Labute approximate surface area is 189 Å². The molecular formula is C21H23N7O4S. The third-order valence-electron chi connectivity index (χ3n) is 5.77. The SMILES string of the molecule is Cc1noc(C)c1S(=O)(=O)N1CCN(Cn2ncc3cn(-c4ccccc4)nc3c2=O)CC1. The molecule has 0 aliphatic carbocycles. The van der Waals surface area contributed by atoms with Crippen LogP contribution in [0, 0.1) is 13.8 Å². The van der Waals surface area contributed by atoms with Crippen LogP contribution in [0.2, 0.25) is 0 Å². The van der Waals surface area contributed by atoms with Crippen LogP contribution in [0.1, 0.15) is 11.5 Å². The molecular weight excluding hydrogens is 446 g/mol. The molecule has 0 atom stereocenters. The number of rotatable bonds is 5. The smallest absolute Gasteiger partial charge is 0.296 e. The Hall–Kier alpha value is -3.35. The van der Waals surface area contributed by atoms with Crippen LogP contribution in [0.25, 0.3) is 16.6 Å². The number of nitrogens with zero attached hydrogens (tertiary/aromatic N) is 7. The number of para-hydroxylation sites is 1. The minimum atomic E-state index is -3.68. The van der Waals surface area contributed by atoms with Gasteiger partial charge in [0.2, 0.25) is 10.0 Å². The maximum absolute atomic E-state index is 13.0. The van der Waals surface area contributed by atoms with Crippen LogP contribution in [0.15, 0.2) is 56.9 Å². The Kier molecular flexibility index (Phi) is 5.35. The number of benzene rings is 1. The van der Waals surface area contributed by atoms with E-state index in [0.717, 1.165) is 5.69 Å². The second-order valence-corrected chi connectivity index (χ2v) is 9.85. The van der Waals surface area contributed by atoms with Gasteiger partial charge >= 0.3 is 0 Å². The quantitative estimate of drug-likeness (QED) is 0.427. The van der Waals surface area contributed by atoms with Crippen molar-refractivity contribution < 1.29 is 12.9 Å². The molecule has 0 amide bonds. The predicted octanol–water partition coefficient (Wildman–Crippen LogP) is 1.15. The molecule has 0 unspecified atom stereocenters. The third-order valence-corrected chi connectivity index (χ3v) is 7.91. The highest BCUT2D eigenvalue weighted by Crippen LogP contribution is 2.24. The van der Waals surface area contributed by atoms with Crippen LogP contribution in [-0.4, -0.2) is 68.5 Å². The van der Waals surface area contributed by atoms with Crippen LogP contribution >= 0.6 is 0 Å². The average Bonchev–Trinajstić information content (AvgIpc) is 3.40. The Morgan fingerprint density at radius 1 is 1.06 bits per heavy atom. The molecule has 3 aromatic heterocycles. The fourth-order valence-electron chi connectivity index (χ4n) is 4.04. The highest BCUT2D eigenvalue weighted by atomic mass is 32.2. The predicted molar refractivity (Wildman–Crippen MR) is 119 cm³/mol. The van der Waals surface area contributed by atoms with Gasteiger partial charge in [-0.05, 0) is 26.0 Å². The number of fused-ring (bicyclic) bond motifs is 1. The normalized spacial score (nSPS) is 15.9. The molecule has 1 fully saturated rings. The van der Waals surface area contributed by atoms with Gasteiger partial charge in [-0.1, -0.05) is 23.4 Å². The van der Waals surface area contributed by atoms with E-state index in [4.69, 9.17) is 4.52 Å². The van der Waals surface area contributed by atoms with E-state index in [1.165, 1.54) is 8.99 Å². The molecule has 0 radical (unpaired) electrons. The first-order valence-corrected chi connectivity index (χ1v) is 11.9. The molecule has 1 saturated heterocycles. The summed E-state index contributed by atoms with van der Waals surface area (Å²) in [6.07, 6.45) is 3.41. The molecule has 0 spiro atoms. The van der Waals surface area contributed by atoms with Gasteiger partial charge in [0.25, 0.3) is 5.56 Å². The van der Waals surface area contributed by atoms with E-state index in [1.807, 2.05) is 35.2 Å². The van der Waals surface area contributed by atoms with Gasteiger partial charge in [-0.3, -0.25) is 9.69 Å². The number of aryl methyl sites for hydroxylation is 2. The van der Waals surface area contributed by atoms with Crippen molar-refractivity contribution in [2.75, 3.05) is 26.2 Å². The van der Waals surface area contributed by atoms with E-state index in [9.17, 15) is 13.2 Å². The lowest BCUT2D eigenvalue weighted by molar-refractivity contribution is 0.143. The van der Waals surface area contributed by atoms with Crippen molar-refractivity contribution >= 4 is 20.9 Å². The molecule has 0 N–H and O–H groups in total. The molecule has 12 heteroatoms. The van der Waals surface area contributed by atoms with Gasteiger partial charge in [0.15, 0.2) is 11.3 Å². The highest BCUT2D eigenvalue weighted by Gasteiger charge is 2.33. The van der Waals surface area contributed by atoms with Gasteiger partial charge < -0.3 is 4.52 Å². The molecule has 0 bridgehead atoms. The molecule has 5 rings (SSSR count). The van der Waals surface area contributed by atoms with Gasteiger partial charge in [0, 0.05) is 37.8 Å². The summed E-state index contributed by atoms with van der Waals surface area (Å²) in [5, 5.41) is 13.2. The van der Waals surface area contributed by atoms with Crippen molar-refractivity contribution in [1.29, 1.82) is 0 Å². The summed E-state index contributed by atoms with van der Waals surface area (Å²) in [5.74, 6) is 0.286. The largest absolute Gasteiger partial charge is 0.360 e. The second-order valence-electron chi connectivity index (χ2n) is 7.98. The first kappa shape index (κ1) is 21.5. The van der Waals surface area contributed by atoms with Gasteiger partial charge in [-0.15, -0.1) is 0 Å². The Morgan fingerprint density at radius 2 is 1.79 bits per heavy atom. The summed E-state index contributed by atoms with van der Waals surface area (Å²) in [4.78, 5) is 15.1. The summed E-state index contributed by atoms with van der Waals surface area (Å²) in [7, 11) is -3.68. The zero-order valence-corrected chi connectivity index (χ0v) is 19.1. The van der Waals surface area contributed by atoms with Crippen LogP contribution in [0.4, 0.5) is 0 Å². The average molecular weight is 470 g/mol. The van der Waals surface area contributed by atoms with Gasteiger partial charge in [0.05, 0.1) is 18.6 Å². The highest BCUT2D eigenvalue weighted by molar-refractivity contribution is 7.89. The molecule has 1 aliphatic heterocycles. The van der Waals surface area contributed by atoms with E-state index < -0.39 is 10.0 Å². The molecule has 4 aromatic rings. The van der Waals surface area contributed by atoms with E-state index in [-0.39, 0.29) is 22.9 Å². The van der Waals surface area contributed by atoms with Gasteiger partial charge in [0.1, 0.15) is 10.6 Å². The number of sulfonamides is 1. The van der Waals surface area contributed by atoms with Crippen molar-refractivity contribution in [2.45, 2.75) is 25.4 Å². The van der Waals surface area contributed by atoms with Gasteiger partial charge in [-0.25, -0.2) is 17.8 Å². The number of hydrogen-bond acceptors (Lipinski definition) is 8. The van der Waals surface area contributed by atoms with Gasteiger partial charge in [-0.2, -0.15) is 14.5 Å². The van der Waals surface area contributed by atoms with Crippen molar-refractivity contribution in [3.05, 3.63) is 64.5 Å². The van der Waals surface area contributed by atoms with E-state index >= 15 is 0 Å². The zero-order valence-electron chi connectivity index (χ0n) is 18.2. The maximum Gasteiger partial charge on any atom is 0.296 e. The fraction of sp³-hybridized carbons (Fsp3) is 0.333. The number of aromatic nitrogens is 5. The minimum absolute atomic E-state index is 0.133. The topological polar surface area (TPSA) is 119 Å². The summed E-state index contributed by atoms with van der Waals surface area (Å²) in [5.41, 5.74) is 1.27. The maximum atomic E-state index is 13.0. The molecule has 33 heavy (non-hydrogen) atoms. The summed E-state index contributed by atoms with van der Waals surface area (Å²) in [6, 6.07) is 9.55. The molecule has 4 heterocycles. The lowest BCUT2D eigenvalue weighted by Crippen LogP contribution is -2.50. The van der Waals surface area contributed by atoms with Crippen molar-refractivity contribution in [3.63, 3.8) is 0 Å². The molecule has 172 valence electrons. The van der Waals surface area contributed by atoms with Crippen molar-refractivity contribution in [3.8, 4) is 5.69 Å². The molecule has 1 aliphatic rings. The monoisotopic (exact) mass is 469 g/mol. The van der Waals surface area contributed by atoms with Crippen LogP contribution in [-0.2, 0) is 16.7 Å². The zero-order chi connectivity index (χ0) is 23.2. The molecule has 11 nitrogen and oxygen atoms in total. The second kappa shape index (κ2) is 8.21. The van der Waals surface area contributed by atoms with Crippen LogP contribution < -0.4 is 5.56 Å². The summed E-state index contributed by atoms with van der Waals surface area (Å²) < 4.78 is 35.5. The van der Waals surface area contributed by atoms with Crippen molar-refractivity contribution in [1.82, 2.24) is 33.9 Å². The lowest BCUT2D eigenvalue weighted by atomic mass is 10.3. The summed E-state index contributed by atoms with van der Waals surface area (Å²) in [6.45, 7) is 4.99. The van der Waals surface area contributed by atoms with E-state index in [1.54, 1.807) is 30.9 Å². The Bertz CT molecular complexity index is 1450.